The molecule has 1 aromatic carbocycles. The van der Waals surface area contributed by atoms with E-state index in [1.807, 2.05) is 30.3 Å². The molecular weight excluding hydrogens is 290 g/mol. The van der Waals surface area contributed by atoms with Crippen LogP contribution in [0, 0.1) is 0 Å². The van der Waals surface area contributed by atoms with Crippen molar-refractivity contribution in [2.75, 3.05) is 13.7 Å². The van der Waals surface area contributed by atoms with Crippen molar-refractivity contribution in [3.05, 3.63) is 46.3 Å². The average Bonchev–Trinajstić information content (AvgIpc) is 2.55. The highest BCUT2D eigenvalue weighted by molar-refractivity contribution is 5.13. The van der Waals surface area contributed by atoms with Gasteiger partial charge in [-0.05, 0) is 11.1 Å². The van der Waals surface area contributed by atoms with Crippen molar-refractivity contribution in [3.8, 4) is 0 Å². The number of methoxy groups -OCH3 is 1. The lowest BCUT2D eigenvalue weighted by Crippen LogP contribution is -2.59. The van der Waals surface area contributed by atoms with E-state index in [1.54, 1.807) is 0 Å². The van der Waals surface area contributed by atoms with E-state index in [0.29, 0.717) is 0 Å². The van der Waals surface area contributed by atoms with Gasteiger partial charge in [0.15, 0.2) is 6.29 Å². The fourth-order valence-corrected chi connectivity index (χ4v) is 2.33. The van der Waals surface area contributed by atoms with E-state index in [9.17, 15) is 10.2 Å². The highest BCUT2D eigenvalue weighted by Crippen LogP contribution is 2.25. The molecule has 0 aliphatic carbocycles. The Morgan fingerprint density at radius 2 is 2.00 bits per heavy atom. The van der Waals surface area contributed by atoms with Crippen LogP contribution in [-0.2, 0) is 20.8 Å². The fraction of sp³-hybridized carbons (Fsp3) is 0.571. The number of aliphatic hydroxyl groups excluding tert-OH is 2. The van der Waals surface area contributed by atoms with Crippen LogP contribution in [0.2, 0.25) is 0 Å². The van der Waals surface area contributed by atoms with Crippen molar-refractivity contribution in [2.24, 2.45) is 5.11 Å². The van der Waals surface area contributed by atoms with Crippen molar-refractivity contribution in [3.63, 3.8) is 0 Å². The zero-order valence-electron chi connectivity index (χ0n) is 12.1. The Balaban J connectivity index is 2.06. The van der Waals surface area contributed by atoms with E-state index in [-0.39, 0.29) is 13.2 Å². The first-order chi connectivity index (χ1) is 10.7. The van der Waals surface area contributed by atoms with Crippen LogP contribution in [0.4, 0.5) is 0 Å². The molecule has 0 bridgehead atoms. The molecule has 0 saturated carbocycles. The molecule has 120 valence electrons. The molecule has 1 aliphatic heterocycles. The summed E-state index contributed by atoms with van der Waals surface area (Å²) in [4.78, 5) is 2.64. The summed E-state index contributed by atoms with van der Waals surface area (Å²) in [6, 6.07) is 9.39. The molecular formula is C14H19N3O5. The van der Waals surface area contributed by atoms with E-state index < -0.39 is 30.7 Å². The lowest BCUT2D eigenvalue weighted by atomic mass is 9.98. The van der Waals surface area contributed by atoms with Crippen molar-refractivity contribution in [1.29, 1.82) is 0 Å². The van der Waals surface area contributed by atoms with Gasteiger partial charge >= 0.3 is 0 Å². The normalized spacial score (nSPS) is 31.5. The molecule has 0 unspecified atom stereocenters. The Morgan fingerprint density at radius 1 is 1.27 bits per heavy atom. The molecule has 0 spiro atoms. The summed E-state index contributed by atoms with van der Waals surface area (Å²) >= 11 is 0. The van der Waals surface area contributed by atoms with Crippen LogP contribution in [0.25, 0.3) is 10.4 Å². The minimum absolute atomic E-state index is 0.0740. The van der Waals surface area contributed by atoms with Gasteiger partial charge in [0, 0.05) is 12.0 Å². The van der Waals surface area contributed by atoms with Gasteiger partial charge in [-0.2, -0.15) is 0 Å². The maximum atomic E-state index is 10.3. The topological polar surface area (TPSA) is 117 Å². The Morgan fingerprint density at radius 3 is 2.64 bits per heavy atom. The zero-order chi connectivity index (χ0) is 15.9. The Bertz CT molecular complexity index is 508. The third kappa shape index (κ3) is 3.95. The molecule has 1 saturated heterocycles. The van der Waals surface area contributed by atoms with Crippen molar-refractivity contribution < 1.29 is 24.4 Å². The molecule has 1 fully saturated rings. The minimum atomic E-state index is -1.15. The first-order valence-corrected chi connectivity index (χ1v) is 6.88. The van der Waals surface area contributed by atoms with E-state index in [0.717, 1.165) is 5.56 Å². The van der Waals surface area contributed by atoms with Crippen molar-refractivity contribution >= 4 is 0 Å². The van der Waals surface area contributed by atoms with Crippen LogP contribution in [0.5, 0.6) is 0 Å². The molecule has 8 nitrogen and oxygen atoms in total. The van der Waals surface area contributed by atoms with Crippen molar-refractivity contribution in [2.45, 2.75) is 37.3 Å². The second kappa shape index (κ2) is 8.09. The summed E-state index contributed by atoms with van der Waals surface area (Å²) in [5.41, 5.74) is 9.30. The summed E-state index contributed by atoms with van der Waals surface area (Å²) in [5.74, 6) is 0. The third-order valence-electron chi connectivity index (χ3n) is 3.48. The average molecular weight is 309 g/mol. The molecule has 0 radical (unpaired) electrons. The monoisotopic (exact) mass is 309 g/mol. The molecule has 2 rings (SSSR count). The molecule has 5 atom stereocenters. The van der Waals surface area contributed by atoms with E-state index >= 15 is 0 Å². The Labute approximate surface area is 127 Å². The second-order valence-electron chi connectivity index (χ2n) is 4.93. The third-order valence-corrected chi connectivity index (χ3v) is 3.48. The van der Waals surface area contributed by atoms with Gasteiger partial charge in [0.2, 0.25) is 0 Å². The standard InChI is InChI=1S/C14H19N3O5/c1-20-14-12(19)13(11(18)10(22-14)7-16-17-15)21-8-9-5-3-2-4-6-9/h2-6,10-14,18-19H,7-8H2,1H3/t10-,11-,12+,13+,14+/m1/s1. The van der Waals surface area contributed by atoms with Crippen LogP contribution < -0.4 is 0 Å². The predicted octanol–water partition coefficient (Wildman–Crippen LogP) is 0.975. The summed E-state index contributed by atoms with van der Waals surface area (Å²) in [7, 11) is 1.38. The number of rotatable bonds is 6. The molecule has 1 aliphatic rings. The van der Waals surface area contributed by atoms with Gasteiger partial charge in [-0.25, -0.2) is 0 Å². The van der Waals surface area contributed by atoms with Gasteiger partial charge in [0.1, 0.15) is 18.3 Å². The quantitative estimate of drug-likeness (QED) is 0.461. The van der Waals surface area contributed by atoms with Crippen LogP contribution >= 0.6 is 0 Å². The number of benzene rings is 1. The van der Waals surface area contributed by atoms with Gasteiger partial charge < -0.3 is 24.4 Å². The van der Waals surface area contributed by atoms with Crippen molar-refractivity contribution in [1.82, 2.24) is 0 Å². The van der Waals surface area contributed by atoms with E-state index in [2.05, 4.69) is 10.0 Å². The fourth-order valence-electron chi connectivity index (χ4n) is 2.33. The van der Waals surface area contributed by atoms with Gasteiger partial charge in [0.05, 0.1) is 19.3 Å². The zero-order valence-corrected chi connectivity index (χ0v) is 12.1. The second-order valence-corrected chi connectivity index (χ2v) is 4.93. The molecule has 0 amide bonds. The molecule has 1 heterocycles. The molecule has 0 aromatic heterocycles. The summed E-state index contributed by atoms with van der Waals surface area (Å²) < 4.78 is 16.1. The Kier molecular flexibility index (Phi) is 6.14. The summed E-state index contributed by atoms with van der Waals surface area (Å²) in [5, 5.41) is 23.8. The smallest absolute Gasteiger partial charge is 0.186 e. The molecule has 22 heavy (non-hydrogen) atoms. The van der Waals surface area contributed by atoms with Crippen LogP contribution in [-0.4, -0.2) is 54.6 Å². The highest BCUT2D eigenvalue weighted by Gasteiger charge is 2.45. The van der Waals surface area contributed by atoms with Gasteiger partial charge in [-0.15, -0.1) is 0 Å². The predicted molar refractivity (Wildman–Crippen MR) is 76.7 cm³/mol. The number of hydrogen-bond acceptors (Lipinski definition) is 6. The first kappa shape index (κ1) is 16.7. The first-order valence-electron chi connectivity index (χ1n) is 6.88. The number of hydrogen-bond donors (Lipinski definition) is 2. The largest absolute Gasteiger partial charge is 0.388 e. The minimum Gasteiger partial charge on any atom is -0.388 e. The SMILES string of the molecule is CO[C@H]1O[C@H](CN=[N+]=[N-])[C@@H](O)[C@H](OCc2ccccc2)[C@@H]1O. The molecule has 8 heteroatoms. The Hall–Kier alpha value is -1.67. The van der Waals surface area contributed by atoms with Crippen LogP contribution in [0.1, 0.15) is 5.56 Å². The number of ether oxygens (including phenoxy) is 3. The van der Waals surface area contributed by atoms with Gasteiger partial charge in [0.25, 0.3) is 0 Å². The number of aliphatic hydroxyl groups is 2. The summed E-state index contributed by atoms with van der Waals surface area (Å²) in [6.45, 7) is 0.153. The van der Waals surface area contributed by atoms with Gasteiger partial charge in [-0.3, -0.25) is 0 Å². The maximum Gasteiger partial charge on any atom is 0.186 e. The van der Waals surface area contributed by atoms with Crippen LogP contribution in [0.15, 0.2) is 35.4 Å². The lowest BCUT2D eigenvalue weighted by molar-refractivity contribution is -0.296. The number of azide groups is 1. The molecule has 2 N–H and O–H groups in total. The van der Waals surface area contributed by atoms with Gasteiger partial charge in [-0.1, -0.05) is 35.4 Å². The van der Waals surface area contributed by atoms with Crippen LogP contribution in [0.3, 0.4) is 0 Å². The maximum absolute atomic E-state index is 10.3. The highest BCUT2D eigenvalue weighted by atomic mass is 16.7. The molecule has 1 aromatic rings. The lowest BCUT2D eigenvalue weighted by Gasteiger charge is -2.41. The number of nitrogens with zero attached hydrogens (tertiary/aromatic N) is 3. The van der Waals surface area contributed by atoms with E-state index in [4.69, 9.17) is 19.7 Å². The summed E-state index contributed by atoms with van der Waals surface area (Å²) in [6.07, 6.45) is -4.94. The van der Waals surface area contributed by atoms with E-state index in [1.165, 1.54) is 7.11 Å².